The number of esters is 1. The van der Waals surface area contributed by atoms with Crippen molar-refractivity contribution >= 4 is 30.8 Å². The van der Waals surface area contributed by atoms with E-state index in [-0.39, 0.29) is 25.2 Å². The minimum absolute atomic E-state index is 0.0312. The van der Waals surface area contributed by atoms with Crippen molar-refractivity contribution < 1.29 is 14.3 Å². The van der Waals surface area contributed by atoms with E-state index in [0.29, 0.717) is 57.2 Å². The average molecular weight is 642 g/mol. The molecule has 2 aromatic carbocycles. The molecule has 0 radical (unpaired) electrons. The van der Waals surface area contributed by atoms with Gasteiger partial charge >= 0.3 is 5.97 Å². The lowest BCUT2D eigenvalue weighted by molar-refractivity contribution is -0.156. The van der Waals surface area contributed by atoms with Crippen LogP contribution in [0.15, 0.2) is 47.6 Å². The van der Waals surface area contributed by atoms with Crippen molar-refractivity contribution in [1.82, 2.24) is 9.55 Å². The van der Waals surface area contributed by atoms with Crippen molar-refractivity contribution in [3.8, 4) is 28.6 Å². The van der Waals surface area contributed by atoms with E-state index in [2.05, 4.69) is 83.8 Å². The van der Waals surface area contributed by atoms with E-state index in [1.807, 2.05) is 34.9 Å². The van der Waals surface area contributed by atoms with Crippen LogP contribution in [0, 0.1) is 29.2 Å². The molecule has 0 N–H and O–H groups in total. The van der Waals surface area contributed by atoms with Crippen molar-refractivity contribution in [2.75, 3.05) is 6.61 Å². The Labute approximate surface area is 275 Å². The molecule has 0 bridgehead atoms. The summed E-state index contributed by atoms with van der Waals surface area (Å²) in [4.78, 5) is 21.4. The van der Waals surface area contributed by atoms with E-state index in [1.54, 1.807) is 12.1 Å². The van der Waals surface area contributed by atoms with Gasteiger partial charge in [-0.3, -0.25) is 4.79 Å². The van der Waals surface area contributed by atoms with Gasteiger partial charge < -0.3 is 14.0 Å². The Morgan fingerprint density at radius 3 is 2.41 bits per heavy atom. The number of azide groups is 1. The van der Waals surface area contributed by atoms with E-state index in [0.717, 1.165) is 23.9 Å². The van der Waals surface area contributed by atoms with Crippen LogP contribution in [-0.2, 0) is 16.1 Å². The number of nitrogens with zero attached hydrogens (tertiary/aromatic N) is 5. The van der Waals surface area contributed by atoms with Gasteiger partial charge in [0.15, 0.2) is 0 Å². The fourth-order valence-electron chi connectivity index (χ4n) is 7.68. The lowest BCUT2D eigenvalue weighted by Crippen LogP contribution is -2.43. The molecule has 0 spiro atoms. The summed E-state index contributed by atoms with van der Waals surface area (Å²) >= 11 is 0. The van der Waals surface area contributed by atoms with Gasteiger partial charge in [-0.15, -0.1) is 5.54 Å². The maximum absolute atomic E-state index is 13.5. The second-order valence-electron chi connectivity index (χ2n) is 14.2. The maximum Gasteiger partial charge on any atom is 0.326 e. The van der Waals surface area contributed by atoms with Gasteiger partial charge in [-0.05, 0) is 83.1 Å². The van der Waals surface area contributed by atoms with Crippen LogP contribution in [0.25, 0.3) is 32.9 Å². The van der Waals surface area contributed by atoms with Crippen molar-refractivity contribution in [2.45, 2.75) is 111 Å². The number of hydrogen-bond acceptors (Lipinski definition) is 5. The molecule has 246 valence electrons. The van der Waals surface area contributed by atoms with Gasteiger partial charge in [0, 0.05) is 10.5 Å². The molecular formula is C37H51N5O3Si. The molecule has 46 heavy (non-hydrogen) atoms. The van der Waals surface area contributed by atoms with E-state index < -0.39 is 8.07 Å². The molecule has 1 heterocycles. The number of hydrogen-bond donors (Lipinski definition) is 0. The molecule has 1 unspecified atom stereocenters. The summed E-state index contributed by atoms with van der Waals surface area (Å²) in [5, 5.41) is 3.95. The van der Waals surface area contributed by atoms with E-state index >= 15 is 0 Å². The molecule has 1 aliphatic carbocycles. The number of aromatic nitrogens is 2. The molecule has 1 fully saturated rings. The molecule has 0 aliphatic heterocycles. The highest BCUT2D eigenvalue weighted by molar-refractivity contribution is 6.90. The molecule has 3 atom stereocenters. The quantitative estimate of drug-likeness (QED) is 0.0519. The Bertz CT molecular complexity index is 1600. The van der Waals surface area contributed by atoms with Crippen LogP contribution in [0.5, 0.6) is 5.75 Å². The third-order valence-corrected chi connectivity index (χ3v) is 16.4. The third kappa shape index (κ3) is 7.62. The third-order valence-electron chi connectivity index (χ3n) is 10.0. The molecule has 1 aromatic heterocycles. The van der Waals surface area contributed by atoms with Gasteiger partial charge in [0.25, 0.3) is 0 Å². The van der Waals surface area contributed by atoms with Crippen LogP contribution in [0.3, 0.4) is 0 Å². The van der Waals surface area contributed by atoms with Crippen molar-refractivity contribution in [2.24, 2.45) is 22.9 Å². The van der Waals surface area contributed by atoms with Gasteiger partial charge in [0.1, 0.15) is 38.9 Å². The van der Waals surface area contributed by atoms with E-state index in [9.17, 15) is 10.3 Å². The van der Waals surface area contributed by atoms with Crippen LogP contribution < -0.4 is 4.74 Å². The van der Waals surface area contributed by atoms with Crippen LogP contribution in [0.1, 0.15) is 81.6 Å². The van der Waals surface area contributed by atoms with Crippen molar-refractivity contribution in [3.63, 3.8) is 0 Å². The van der Waals surface area contributed by atoms with E-state index in [1.165, 1.54) is 6.42 Å². The number of imidazole rings is 1. The molecule has 1 saturated carbocycles. The van der Waals surface area contributed by atoms with Gasteiger partial charge in [0.05, 0.1) is 16.7 Å². The summed E-state index contributed by atoms with van der Waals surface area (Å²) in [5.41, 5.74) is 17.3. The Morgan fingerprint density at radius 2 is 1.76 bits per heavy atom. The number of fused-ring (bicyclic) bond motifs is 1. The fourth-order valence-corrected chi connectivity index (χ4v) is 12.9. The number of benzene rings is 2. The number of carbonyl (C=O) groups is 1. The topological polar surface area (TPSA) is 102 Å². The SMILES string of the molecule is CC(C)[C@@H]1CC[C@@H](C)CC1OC(=O)Cn1c(-c2ccc(OCC#C[Si](C(C)C)(C(C)C)C(C)C)c(N=[N+]=[N-])c2)nc2ccccc21. The molecule has 8 nitrogen and oxygen atoms in total. The minimum Gasteiger partial charge on any atom is -0.480 e. The van der Waals surface area contributed by atoms with Crippen LogP contribution in [0.4, 0.5) is 5.69 Å². The zero-order valence-corrected chi connectivity index (χ0v) is 30.1. The highest BCUT2D eigenvalue weighted by atomic mass is 28.3. The number of rotatable bonds is 11. The molecule has 9 heteroatoms. The summed E-state index contributed by atoms with van der Waals surface area (Å²) < 4.78 is 14.1. The van der Waals surface area contributed by atoms with E-state index in [4.69, 9.17) is 14.5 Å². The smallest absolute Gasteiger partial charge is 0.326 e. The first-order valence-corrected chi connectivity index (χ1v) is 19.1. The minimum atomic E-state index is -1.88. The fraction of sp³-hybridized carbons (Fsp3) is 0.568. The molecule has 0 saturated heterocycles. The number of ether oxygens (including phenoxy) is 2. The lowest BCUT2D eigenvalue weighted by Gasteiger charge is -2.38. The second kappa shape index (κ2) is 15.2. The zero-order chi connectivity index (χ0) is 33.6. The first-order chi connectivity index (χ1) is 21.9. The molecular weight excluding hydrogens is 591 g/mol. The highest BCUT2D eigenvalue weighted by Crippen LogP contribution is 2.41. The van der Waals surface area contributed by atoms with Gasteiger partial charge in [-0.1, -0.05) is 91.9 Å². The maximum atomic E-state index is 13.5. The monoisotopic (exact) mass is 641 g/mol. The molecule has 3 aromatic rings. The normalized spacial score (nSPS) is 18.5. The molecule has 1 aliphatic rings. The summed E-state index contributed by atoms with van der Waals surface area (Å²) in [7, 11) is -1.88. The summed E-state index contributed by atoms with van der Waals surface area (Å²) in [5.74, 6) is 5.44. The van der Waals surface area contributed by atoms with Crippen LogP contribution in [0.2, 0.25) is 16.6 Å². The largest absolute Gasteiger partial charge is 0.480 e. The summed E-state index contributed by atoms with van der Waals surface area (Å²) in [6.07, 6.45) is 3.06. The Kier molecular flexibility index (Phi) is 11.6. The Hall–Kier alpha value is -3.73. The second-order valence-corrected chi connectivity index (χ2v) is 19.8. The summed E-state index contributed by atoms with van der Waals surface area (Å²) in [6, 6.07) is 13.2. The van der Waals surface area contributed by atoms with Crippen molar-refractivity contribution in [3.05, 3.63) is 52.9 Å². The van der Waals surface area contributed by atoms with Gasteiger partial charge in [0.2, 0.25) is 0 Å². The first-order valence-electron chi connectivity index (χ1n) is 16.9. The van der Waals surface area contributed by atoms with Gasteiger partial charge in [-0.25, -0.2) is 4.98 Å². The van der Waals surface area contributed by atoms with Gasteiger partial charge in [-0.2, -0.15) is 0 Å². The predicted octanol–water partition coefficient (Wildman–Crippen LogP) is 10.2. The Morgan fingerprint density at radius 1 is 1.07 bits per heavy atom. The molecule has 4 rings (SSSR count). The average Bonchev–Trinajstić information content (AvgIpc) is 3.35. The zero-order valence-electron chi connectivity index (χ0n) is 29.1. The molecule has 0 amide bonds. The highest BCUT2D eigenvalue weighted by Gasteiger charge is 2.41. The number of carbonyl (C=O) groups excluding carboxylic acids is 1. The van der Waals surface area contributed by atoms with Crippen LogP contribution >= 0.6 is 0 Å². The Balaban J connectivity index is 1.62. The first kappa shape index (κ1) is 35.1. The summed E-state index contributed by atoms with van der Waals surface area (Å²) in [6.45, 7) is 20.6. The number of para-hydroxylation sites is 2. The van der Waals surface area contributed by atoms with Crippen molar-refractivity contribution in [1.29, 1.82) is 0 Å². The lowest BCUT2D eigenvalue weighted by atomic mass is 9.75. The standard InChI is InChI=1S/C37H51N5O3Si/c1-24(2)30-17-15-28(9)21-35(30)45-36(43)23-42-33-14-11-10-13-31(33)39-37(42)29-16-18-34(32(22-29)40-41-38)44-19-12-20-46(25(3)4,26(5)6)27(7)8/h10-11,13-14,16,18,22,24-28,30,35H,15,17,19,21,23H2,1-9H3/t28-,30+,35?/m1/s1. The predicted molar refractivity (Wildman–Crippen MR) is 190 cm³/mol. The van der Waals surface area contributed by atoms with Crippen LogP contribution in [-0.4, -0.2) is 36.3 Å².